The van der Waals surface area contributed by atoms with E-state index in [0.29, 0.717) is 12.3 Å². The zero-order valence-corrected chi connectivity index (χ0v) is 10.2. The maximum absolute atomic E-state index is 10.7. The highest BCUT2D eigenvalue weighted by atomic mass is 16.1. The van der Waals surface area contributed by atoms with Crippen molar-refractivity contribution in [1.29, 1.82) is 0 Å². The van der Waals surface area contributed by atoms with Crippen molar-refractivity contribution in [1.82, 2.24) is 0 Å². The second-order valence-corrected chi connectivity index (χ2v) is 4.36. The van der Waals surface area contributed by atoms with Crippen molar-refractivity contribution in [2.24, 2.45) is 0 Å². The van der Waals surface area contributed by atoms with Crippen molar-refractivity contribution in [3.8, 4) is 0 Å². The van der Waals surface area contributed by atoms with Crippen LogP contribution in [-0.2, 0) is 4.79 Å². The van der Waals surface area contributed by atoms with Gasteiger partial charge in [0.25, 0.3) is 0 Å². The van der Waals surface area contributed by atoms with Crippen molar-refractivity contribution < 1.29 is 4.79 Å². The molecule has 0 unspecified atom stereocenters. The molecule has 16 heavy (non-hydrogen) atoms. The maximum atomic E-state index is 10.7. The molecule has 0 aromatic heterocycles. The fourth-order valence-electron chi connectivity index (χ4n) is 2.08. The minimum atomic E-state index is 0.426. The molecule has 1 rings (SSSR count). The Hall–Kier alpha value is -1.11. The summed E-state index contributed by atoms with van der Waals surface area (Å²) in [4.78, 5) is 10.7. The number of unbranched alkanes of at least 4 members (excludes halogenated alkanes) is 3. The molecule has 88 valence electrons. The summed E-state index contributed by atoms with van der Waals surface area (Å²) in [5.74, 6) is 0.426. The molecule has 0 amide bonds. The lowest BCUT2D eigenvalue weighted by molar-refractivity contribution is -0.108. The molecule has 0 bridgehead atoms. The Morgan fingerprint density at radius 1 is 1.12 bits per heavy atom. The summed E-state index contributed by atoms with van der Waals surface area (Å²) < 4.78 is 0. The van der Waals surface area contributed by atoms with Gasteiger partial charge in [-0.25, -0.2) is 0 Å². The monoisotopic (exact) mass is 218 g/mol. The molecule has 0 fully saturated rings. The summed E-state index contributed by atoms with van der Waals surface area (Å²) in [5, 5.41) is 0. The third kappa shape index (κ3) is 4.61. The SMILES string of the molecule is CCCCCC[C@@H](CC=O)c1ccccc1. The van der Waals surface area contributed by atoms with E-state index in [1.165, 1.54) is 31.2 Å². The van der Waals surface area contributed by atoms with Crippen LogP contribution in [0.5, 0.6) is 0 Å². The lowest BCUT2D eigenvalue weighted by Crippen LogP contribution is -1.99. The first-order valence-electron chi connectivity index (χ1n) is 6.37. The largest absolute Gasteiger partial charge is 0.303 e. The van der Waals surface area contributed by atoms with E-state index in [1.807, 2.05) is 6.07 Å². The summed E-state index contributed by atoms with van der Waals surface area (Å²) in [6.07, 6.45) is 7.96. The summed E-state index contributed by atoms with van der Waals surface area (Å²) in [5.41, 5.74) is 1.31. The number of hydrogen-bond acceptors (Lipinski definition) is 1. The zero-order valence-electron chi connectivity index (χ0n) is 10.2. The summed E-state index contributed by atoms with van der Waals surface area (Å²) in [6, 6.07) is 10.4. The summed E-state index contributed by atoms with van der Waals surface area (Å²) >= 11 is 0. The van der Waals surface area contributed by atoms with E-state index in [9.17, 15) is 4.79 Å². The van der Waals surface area contributed by atoms with Gasteiger partial charge in [0.2, 0.25) is 0 Å². The normalized spacial score (nSPS) is 12.3. The number of aldehydes is 1. The van der Waals surface area contributed by atoms with Crippen LogP contribution < -0.4 is 0 Å². The molecule has 0 spiro atoms. The van der Waals surface area contributed by atoms with Crippen molar-refractivity contribution in [3.05, 3.63) is 35.9 Å². The molecule has 0 aliphatic carbocycles. The molecule has 0 heterocycles. The predicted molar refractivity (Wildman–Crippen MR) is 68.6 cm³/mol. The molecule has 1 atom stereocenters. The second-order valence-electron chi connectivity index (χ2n) is 4.36. The van der Waals surface area contributed by atoms with Crippen LogP contribution >= 0.6 is 0 Å². The average Bonchev–Trinajstić information content (AvgIpc) is 2.34. The molecule has 0 N–H and O–H groups in total. The Balaban J connectivity index is 2.44. The van der Waals surface area contributed by atoms with E-state index in [-0.39, 0.29) is 0 Å². The molecule has 0 saturated heterocycles. The summed E-state index contributed by atoms with van der Waals surface area (Å²) in [6.45, 7) is 2.22. The first-order valence-corrected chi connectivity index (χ1v) is 6.37. The van der Waals surface area contributed by atoms with Crippen LogP contribution in [-0.4, -0.2) is 6.29 Å². The van der Waals surface area contributed by atoms with E-state index >= 15 is 0 Å². The number of rotatable bonds is 8. The number of hydrogen-bond donors (Lipinski definition) is 0. The molecular weight excluding hydrogens is 196 g/mol. The average molecular weight is 218 g/mol. The third-order valence-corrected chi connectivity index (χ3v) is 3.06. The predicted octanol–water partition coefficient (Wildman–Crippen LogP) is 4.33. The van der Waals surface area contributed by atoms with Gasteiger partial charge in [0.15, 0.2) is 0 Å². The molecular formula is C15H22O. The van der Waals surface area contributed by atoms with Crippen molar-refractivity contribution in [2.45, 2.75) is 51.4 Å². The minimum absolute atomic E-state index is 0.426. The van der Waals surface area contributed by atoms with Gasteiger partial charge in [-0.15, -0.1) is 0 Å². The standard InChI is InChI=1S/C15H22O/c1-2-3-4-6-11-15(12-13-16)14-9-7-5-8-10-14/h5,7-10,13,15H,2-4,6,11-12H2,1H3/t15-/m0/s1. The Bertz CT molecular complexity index is 279. The smallest absolute Gasteiger partial charge is 0.120 e. The molecule has 0 aliphatic heterocycles. The Morgan fingerprint density at radius 3 is 2.50 bits per heavy atom. The fraction of sp³-hybridized carbons (Fsp3) is 0.533. The van der Waals surface area contributed by atoms with Crippen LogP contribution in [0, 0.1) is 0 Å². The number of carbonyl (C=O) groups excluding carboxylic acids is 1. The van der Waals surface area contributed by atoms with E-state index in [0.717, 1.165) is 12.7 Å². The highest BCUT2D eigenvalue weighted by molar-refractivity contribution is 5.51. The Labute approximate surface area is 98.9 Å². The van der Waals surface area contributed by atoms with Gasteiger partial charge in [-0.1, -0.05) is 62.9 Å². The van der Waals surface area contributed by atoms with Crippen molar-refractivity contribution in [3.63, 3.8) is 0 Å². The van der Waals surface area contributed by atoms with Gasteiger partial charge in [-0.2, -0.15) is 0 Å². The lowest BCUT2D eigenvalue weighted by atomic mass is 9.91. The molecule has 1 aromatic rings. The van der Waals surface area contributed by atoms with Gasteiger partial charge in [-0.3, -0.25) is 0 Å². The molecule has 0 aliphatic rings. The fourth-order valence-corrected chi connectivity index (χ4v) is 2.08. The number of carbonyl (C=O) groups is 1. The first kappa shape index (κ1) is 13.0. The molecule has 0 radical (unpaired) electrons. The van der Waals surface area contributed by atoms with Crippen LogP contribution in [0.15, 0.2) is 30.3 Å². The Kier molecular flexibility index (Phi) is 6.55. The molecule has 1 heteroatoms. The van der Waals surface area contributed by atoms with Crippen molar-refractivity contribution >= 4 is 6.29 Å². The molecule has 1 aromatic carbocycles. The topological polar surface area (TPSA) is 17.1 Å². The summed E-state index contributed by atoms with van der Waals surface area (Å²) in [7, 11) is 0. The molecule has 1 nitrogen and oxygen atoms in total. The van der Waals surface area contributed by atoms with Gasteiger partial charge in [0.05, 0.1) is 0 Å². The number of benzene rings is 1. The maximum Gasteiger partial charge on any atom is 0.120 e. The van der Waals surface area contributed by atoms with Gasteiger partial charge in [0, 0.05) is 6.42 Å². The van der Waals surface area contributed by atoms with E-state index in [2.05, 4.69) is 31.2 Å². The lowest BCUT2D eigenvalue weighted by Gasteiger charge is -2.14. The minimum Gasteiger partial charge on any atom is -0.303 e. The Morgan fingerprint density at radius 2 is 1.88 bits per heavy atom. The quantitative estimate of drug-likeness (QED) is 0.469. The van der Waals surface area contributed by atoms with E-state index < -0.39 is 0 Å². The van der Waals surface area contributed by atoms with Gasteiger partial charge >= 0.3 is 0 Å². The first-order chi connectivity index (χ1) is 7.88. The van der Waals surface area contributed by atoms with E-state index in [4.69, 9.17) is 0 Å². The molecule has 0 saturated carbocycles. The van der Waals surface area contributed by atoms with Gasteiger partial charge < -0.3 is 4.79 Å². The highest BCUT2D eigenvalue weighted by Gasteiger charge is 2.09. The van der Waals surface area contributed by atoms with Crippen LogP contribution in [0.25, 0.3) is 0 Å². The highest BCUT2D eigenvalue weighted by Crippen LogP contribution is 2.24. The van der Waals surface area contributed by atoms with Crippen molar-refractivity contribution in [2.75, 3.05) is 0 Å². The van der Waals surface area contributed by atoms with Gasteiger partial charge in [-0.05, 0) is 17.9 Å². The van der Waals surface area contributed by atoms with Crippen LogP contribution in [0.4, 0.5) is 0 Å². The van der Waals surface area contributed by atoms with Gasteiger partial charge in [0.1, 0.15) is 6.29 Å². The van der Waals surface area contributed by atoms with Crippen LogP contribution in [0.3, 0.4) is 0 Å². The zero-order chi connectivity index (χ0) is 11.6. The van der Waals surface area contributed by atoms with E-state index in [1.54, 1.807) is 0 Å². The van der Waals surface area contributed by atoms with Crippen LogP contribution in [0.2, 0.25) is 0 Å². The van der Waals surface area contributed by atoms with Crippen LogP contribution in [0.1, 0.15) is 56.9 Å². The third-order valence-electron chi connectivity index (χ3n) is 3.06. The second kappa shape index (κ2) is 8.09.